The van der Waals surface area contributed by atoms with Gasteiger partial charge in [0.1, 0.15) is 0 Å². The number of amides is 1. The second-order valence-corrected chi connectivity index (χ2v) is 6.47. The molecule has 2 atom stereocenters. The smallest absolute Gasteiger partial charge is 0.281 e. The summed E-state index contributed by atoms with van der Waals surface area (Å²) < 4.78 is 0. The fraction of sp³-hybridized carbons (Fsp3) is 0.211. The summed E-state index contributed by atoms with van der Waals surface area (Å²) in [6.45, 7) is 2.05. The van der Waals surface area contributed by atoms with E-state index in [1.165, 1.54) is 11.8 Å². The lowest BCUT2D eigenvalue weighted by Crippen LogP contribution is -2.45. The van der Waals surface area contributed by atoms with Crippen molar-refractivity contribution in [3.05, 3.63) is 78.4 Å². The van der Waals surface area contributed by atoms with E-state index in [9.17, 15) is 4.79 Å². The predicted molar refractivity (Wildman–Crippen MR) is 98.7 cm³/mol. The Balaban J connectivity index is 1.55. The summed E-state index contributed by atoms with van der Waals surface area (Å²) in [7, 11) is 0. The highest BCUT2D eigenvalue weighted by atomic mass is 32.2. The van der Waals surface area contributed by atoms with Gasteiger partial charge in [-0.1, -0.05) is 66.4 Å². The summed E-state index contributed by atoms with van der Waals surface area (Å²) >= 11 is 1.24. The van der Waals surface area contributed by atoms with Crippen LogP contribution in [-0.4, -0.2) is 17.5 Å². The van der Waals surface area contributed by atoms with E-state index in [1.807, 2.05) is 84.8 Å². The summed E-state index contributed by atoms with van der Waals surface area (Å²) in [5, 5.41) is 4.59. The molecule has 0 saturated heterocycles. The van der Waals surface area contributed by atoms with Gasteiger partial charge in [0, 0.05) is 5.75 Å². The number of rotatable bonds is 4. The second-order valence-electron chi connectivity index (χ2n) is 5.52. The molecule has 2 aromatic carbocycles. The van der Waals surface area contributed by atoms with Crippen molar-refractivity contribution in [2.45, 2.75) is 24.9 Å². The van der Waals surface area contributed by atoms with Crippen LogP contribution in [-0.2, 0) is 10.6 Å². The van der Waals surface area contributed by atoms with Crippen molar-refractivity contribution in [3.63, 3.8) is 0 Å². The Morgan fingerprint density at radius 3 is 2.46 bits per heavy atom. The molecule has 0 saturated carbocycles. The van der Waals surface area contributed by atoms with Gasteiger partial charge in [0.05, 0.1) is 11.7 Å². The van der Waals surface area contributed by atoms with Gasteiger partial charge in [-0.2, -0.15) is 0 Å². The monoisotopic (exact) mass is 340 g/mol. The lowest BCUT2D eigenvalue weighted by molar-refractivity contribution is 0.0330. The first kappa shape index (κ1) is 16.6. The van der Waals surface area contributed by atoms with Gasteiger partial charge in [-0.15, -0.1) is 0 Å². The second kappa shape index (κ2) is 8.04. The molecule has 1 N–H and O–H groups in total. The number of hydroxylamine groups is 1. The van der Waals surface area contributed by atoms with Gasteiger partial charge < -0.3 is 5.32 Å². The quantitative estimate of drug-likeness (QED) is 0.840. The molecule has 0 spiro atoms. The van der Waals surface area contributed by atoms with E-state index < -0.39 is 6.23 Å². The largest absolute Gasteiger partial charge is 0.316 e. The van der Waals surface area contributed by atoms with E-state index in [2.05, 4.69) is 5.32 Å². The standard InChI is InChI=1S/C19H20N2O2S/c1-15-12-13-18(23-21(15)17-10-6-3-7-11-17)20-19(22)24-14-16-8-4-2-5-9-16/h2-13,15,18H,14H2,1H3,(H,20,22)/t15-,18-/m0/s1. The number of nitrogens with one attached hydrogen (secondary N) is 1. The molecule has 0 unspecified atom stereocenters. The Labute approximate surface area is 146 Å². The Kier molecular flexibility index (Phi) is 5.56. The number of thioether (sulfide) groups is 1. The van der Waals surface area contributed by atoms with Crippen LogP contribution in [0.1, 0.15) is 12.5 Å². The molecule has 0 aromatic heterocycles. The fourth-order valence-corrected chi connectivity index (χ4v) is 3.11. The number of carbonyl (C=O) groups is 1. The number of para-hydroxylation sites is 1. The maximum Gasteiger partial charge on any atom is 0.281 e. The average molecular weight is 340 g/mol. The molecule has 0 radical (unpaired) electrons. The number of hydrogen-bond donors (Lipinski definition) is 1. The molecular weight excluding hydrogens is 320 g/mol. The zero-order chi connectivity index (χ0) is 16.8. The van der Waals surface area contributed by atoms with Gasteiger partial charge >= 0.3 is 0 Å². The van der Waals surface area contributed by atoms with Gasteiger partial charge in [-0.3, -0.25) is 4.79 Å². The molecule has 1 heterocycles. The first-order valence-corrected chi connectivity index (χ1v) is 8.87. The van der Waals surface area contributed by atoms with Gasteiger partial charge in [-0.05, 0) is 30.7 Å². The molecule has 124 valence electrons. The first-order valence-electron chi connectivity index (χ1n) is 7.89. The van der Waals surface area contributed by atoms with Crippen LogP contribution < -0.4 is 10.4 Å². The van der Waals surface area contributed by atoms with Crippen molar-refractivity contribution < 1.29 is 9.63 Å². The number of benzene rings is 2. The first-order chi connectivity index (χ1) is 11.7. The highest BCUT2D eigenvalue weighted by molar-refractivity contribution is 8.12. The van der Waals surface area contributed by atoms with Gasteiger partial charge in [0.15, 0.2) is 6.23 Å². The van der Waals surface area contributed by atoms with E-state index in [0.29, 0.717) is 5.75 Å². The molecule has 2 aromatic rings. The maximum absolute atomic E-state index is 12.1. The van der Waals surface area contributed by atoms with Gasteiger partial charge in [-0.25, -0.2) is 9.90 Å². The van der Waals surface area contributed by atoms with Crippen molar-refractivity contribution in [2.24, 2.45) is 0 Å². The number of carbonyl (C=O) groups excluding carboxylic acids is 1. The Bertz CT molecular complexity index is 691. The number of anilines is 1. The third-order valence-corrected chi connectivity index (χ3v) is 4.50. The summed E-state index contributed by atoms with van der Waals surface area (Å²) in [4.78, 5) is 18.0. The van der Waals surface area contributed by atoms with Crippen LogP contribution >= 0.6 is 11.8 Å². The zero-order valence-corrected chi connectivity index (χ0v) is 14.3. The summed E-state index contributed by atoms with van der Waals surface area (Å²) in [5.74, 6) is 0.641. The van der Waals surface area contributed by atoms with Crippen molar-refractivity contribution in [3.8, 4) is 0 Å². The normalized spacial score (nSPS) is 20.0. The van der Waals surface area contributed by atoms with E-state index in [4.69, 9.17) is 4.84 Å². The van der Waals surface area contributed by atoms with Crippen LogP contribution in [0.3, 0.4) is 0 Å². The summed E-state index contributed by atoms with van der Waals surface area (Å²) in [5.41, 5.74) is 2.09. The van der Waals surface area contributed by atoms with E-state index in [0.717, 1.165) is 11.3 Å². The maximum atomic E-state index is 12.1. The number of hydrogen-bond acceptors (Lipinski definition) is 4. The van der Waals surface area contributed by atoms with E-state index in [-0.39, 0.29) is 11.3 Å². The highest BCUT2D eigenvalue weighted by Gasteiger charge is 2.23. The lowest BCUT2D eigenvalue weighted by Gasteiger charge is -2.34. The van der Waals surface area contributed by atoms with Crippen LogP contribution in [0.4, 0.5) is 10.5 Å². The molecule has 24 heavy (non-hydrogen) atoms. The molecule has 0 fully saturated rings. The molecule has 0 bridgehead atoms. The SMILES string of the molecule is C[C@H]1C=C[C@@H](NC(=O)SCc2ccccc2)ON1c1ccccc1. The Morgan fingerprint density at radius 2 is 1.75 bits per heavy atom. The molecule has 1 aliphatic rings. The molecular formula is C19H20N2O2S. The average Bonchev–Trinajstić information content (AvgIpc) is 2.63. The van der Waals surface area contributed by atoms with Crippen LogP contribution in [0.15, 0.2) is 72.8 Å². The Hall–Kier alpha value is -2.24. The van der Waals surface area contributed by atoms with Gasteiger partial charge in [0.2, 0.25) is 0 Å². The predicted octanol–water partition coefficient (Wildman–Crippen LogP) is 4.35. The van der Waals surface area contributed by atoms with Crippen LogP contribution in [0.5, 0.6) is 0 Å². The van der Waals surface area contributed by atoms with Crippen molar-refractivity contribution in [1.29, 1.82) is 0 Å². The third-order valence-electron chi connectivity index (χ3n) is 3.64. The van der Waals surface area contributed by atoms with Gasteiger partial charge in [0.25, 0.3) is 5.24 Å². The molecule has 3 rings (SSSR count). The Morgan fingerprint density at radius 1 is 1.08 bits per heavy atom. The minimum atomic E-state index is -0.461. The van der Waals surface area contributed by atoms with Crippen LogP contribution in [0.25, 0.3) is 0 Å². The van der Waals surface area contributed by atoms with E-state index in [1.54, 1.807) is 0 Å². The molecule has 1 aliphatic heterocycles. The minimum Gasteiger partial charge on any atom is -0.316 e. The van der Waals surface area contributed by atoms with Crippen molar-refractivity contribution in [2.75, 3.05) is 5.06 Å². The van der Waals surface area contributed by atoms with Crippen molar-refractivity contribution in [1.82, 2.24) is 5.32 Å². The molecule has 4 nitrogen and oxygen atoms in total. The minimum absolute atomic E-state index is 0.101. The fourth-order valence-electron chi connectivity index (χ4n) is 2.42. The van der Waals surface area contributed by atoms with E-state index >= 15 is 0 Å². The lowest BCUT2D eigenvalue weighted by atomic mass is 10.2. The van der Waals surface area contributed by atoms with Crippen LogP contribution in [0.2, 0.25) is 0 Å². The number of nitrogens with zero attached hydrogens (tertiary/aromatic N) is 1. The molecule has 5 heteroatoms. The highest BCUT2D eigenvalue weighted by Crippen LogP contribution is 2.22. The topological polar surface area (TPSA) is 41.6 Å². The summed E-state index contributed by atoms with van der Waals surface area (Å²) in [6.07, 6.45) is 3.45. The molecule has 1 amide bonds. The third kappa shape index (κ3) is 4.40. The summed E-state index contributed by atoms with van der Waals surface area (Å²) in [6, 6.07) is 19.9. The zero-order valence-electron chi connectivity index (χ0n) is 13.5. The molecule has 0 aliphatic carbocycles. The van der Waals surface area contributed by atoms with Crippen LogP contribution in [0, 0.1) is 0 Å². The van der Waals surface area contributed by atoms with Crippen molar-refractivity contribution >= 4 is 22.7 Å².